The Kier molecular flexibility index (Phi) is 2.71. The number of hydrogen-bond acceptors (Lipinski definition) is 3. The van der Waals surface area contributed by atoms with Gasteiger partial charge in [-0.15, -0.1) is 0 Å². The van der Waals surface area contributed by atoms with Gasteiger partial charge in [-0.25, -0.2) is 0 Å². The first-order valence-electron chi connectivity index (χ1n) is 4.27. The minimum atomic E-state index is -0.365. The van der Waals surface area contributed by atoms with Crippen LogP contribution in [-0.2, 0) is 4.74 Å². The van der Waals surface area contributed by atoms with Crippen LogP contribution in [0.5, 0.6) is 0 Å². The van der Waals surface area contributed by atoms with Gasteiger partial charge in [-0.05, 0) is 27.4 Å². The molecule has 68 valence electrons. The third kappa shape index (κ3) is 1.45. The second-order valence-electron chi connectivity index (χ2n) is 3.71. The zero-order valence-corrected chi connectivity index (χ0v) is 8.00. The first-order valence-corrected chi connectivity index (χ1v) is 4.27. The molecule has 0 radical (unpaired) electrons. The van der Waals surface area contributed by atoms with Gasteiger partial charge in [0.2, 0.25) is 0 Å². The molecule has 2 atom stereocenters. The van der Waals surface area contributed by atoms with Gasteiger partial charge in [0, 0.05) is 12.5 Å². The molecule has 0 amide bonds. The Morgan fingerprint density at radius 3 is 2.58 bits per heavy atom. The maximum atomic E-state index is 9.07. The average molecular weight is 168 g/mol. The second-order valence-corrected chi connectivity index (χ2v) is 3.71. The van der Waals surface area contributed by atoms with Crippen molar-refractivity contribution in [1.82, 2.24) is 4.90 Å². The summed E-state index contributed by atoms with van der Waals surface area (Å²) in [6.07, 6.45) is 1.00. The van der Waals surface area contributed by atoms with Crippen molar-refractivity contribution in [2.24, 2.45) is 5.92 Å². The van der Waals surface area contributed by atoms with Crippen LogP contribution < -0.4 is 0 Å². The summed E-state index contributed by atoms with van der Waals surface area (Å²) in [6.45, 7) is 3.50. The summed E-state index contributed by atoms with van der Waals surface area (Å²) in [4.78, 5) is 1.98. The minimum absolute atomic E-state index is 0.359. The molecule has 0 aromatic heterocycles. The van der Waals surface area contributed by atoms with Crippen molar-refractivity contribution in [2.75, 3.05) is 27.3 Å². The van der Waals surface area contributed by atoms with Crippen LogP contribution in [0.4, 0.5) is 0 Å². The third-order valence-electron chi connectivity index (χ3n) is 2.88. The van der Waals surface area contributed by atoms with Crippen LogP contribution in [0.1, 0.15) is 13.3 Å². The fourth-order valence-electron chi connectivity index (χ4n) is 1.53. The smallest absolute Gasteiger partial charge is 0.111 e. The summed E-state index contributed by atoms with van der Waals surface area (Å²) in [6, 6.07) is 2.37. The number of ether oxygens (including phenoxy) is 1. The molecule has 1 fully saturated rings. The van der Waals surface area contributed by atoms with E-state index in [4.69, 9.17) is 10.00 Å². The maximum absolute atomic E-state index is 9.07. The van der Waals surface area contributed by atoms with Gasteiger partial charge in [0.15, 0.2) is 0 Å². The van der Waals surface area contributed by atoms with Crippen molar-refractivity contribution in [3.63, 3.8) is 0 Å². The molecule has 1 rings (SSSR count). The largest absolute Gasteiger partial charge is 0.381 e. The fraction of sp³-hybridized carbons (Fsp3) is 0.889. The predicted octanol–water partition coefficient (Wildman–Crippen LogP) is 0.867. The third-order valence-corrected chi connectivity index (χ3v) is 2.88. The van der Waals surface area contributed by atoms with Crippen molar-refractivity contribution in [3.8, 4) is 6.07 Å². The average Bonchev–Trinajstić information content (AvgIpc) is 2.54. The van der Waals surface area contributed by atoms with Gasteiger partial charge >= 0.3 is 0 Å². The molecule has 1 aliphatic rings. The maximum Gasteiger partial charge on any atom is 0.111 e. The van der Waals surface area contributed by atoms with E-state index in [1.165, 1.54) is 0 Å². The monoisotopic (exact) mass is 168 g/mol. The summed E-state index contributed by atoms with van der Waals surface area (Å²) >= 11 is 0. The molecule has 0 aromatic carbocycles. The molecule has 0 spiro atoms. The molecule has 3 heteroatoms. The van der Waals surface area contributed by atoms with E-state index >= 15 is 0 Å². The van der Waals surface area contributed by atoms with Gasteiger partial charge in [-0.2, -0.15) is 5.26 Å². The first kappa shape index (κ1) is 9.50. The predicted molar refractivity (Wildman–Crippen MR) is 46.6 cm³/mol. The van der Waals surface area contributed by atoms with Crippen LogP contribution in [0.25, 0.3) is 0 Å². The number of hydrogen-bond donors (Lipinski definition) is 0. The summed E-state index contributed by atoms with van der Waals surface area (Å²) < 4.78 is 5.28. The highest BCUT2D eigenvalue weighted by Crippen LogP contribution is 2.28. The Labute approximate surface area is 73.9 Å². The van der Waals surface area contributed by atoms with Crippen LogP contribution >= 0.6 is 0 Å². The molecule has 1 heterocycles. The van der Waals surface area contributed by atoms with Crippen LogP contribution in [-0.4, -0.2) is 37.7 Å². The lowest BCUT2D eigenvalue weighted by atomic mass is 9.85. The SMILES string of the molecule is CN(C)C(C)(C#N)C1CCOC1. The molecule has 0 aromatic rings. The number of rotatable bonds is 2. The van der Waals surface area contributed by atoms with Gasteiger partial charge in [-0.3, -0.25) is 4.90 Å². The van der Waals surface area contributed by atoms with E-state index in [1.54, 1.807) is 0 Å². The lowest BCUT2D eigenvalue weighted by molar-refractivity contribution is 0.122. The van der Waals surface area contributed by atoms with Crippen molar-refractivity contribution in [2.45, 2.75) is 18.9 Å². The molecule has 0 bridgehead atoms. The van der Waals surface area contributed by atoms with E-state index in [2.05, 4.69) is 6.07 Å². The van der Waals surface area contributed by atoms with Crippen molar-refractivity contribution < 1.29 is 4.74 Å². The van der Waals surface area contributed by atoms with Gasteiger partial charge in [0.05, 0.1) is 12.7 Å². The standard InChI is InChI=1S/C9H16N2O/c1-9(7-10,11(2)3)8-4-5-12-6-8/h8H,4-6H2,1-3H3. The number of nitriles is 1. The Balaban J connectivity index is 2.73. The summed E-state index contributed by atoms with van der Waals surface area (Å²) in [5.41, 5.74) is -0.365. The van der Waals surface area contributed by atoms with E-state index in [0.29, 0.717) is 5.92 Å². The van der Waals surface area contributed by atoms with Crippen LogP contribution in [0.2, 0.25) is 0 Å². The molecule has 12 heavy (non-hydrogen) atoms. The molecule has 3 nitrogen and oxygen atoms in total. The molecular formula is C9H16N2O. The van der Waals surface area contributed by atoms with E-state index < -0.39 is 0 Å². The van der Waals surface area contributed by atoms with Crippen LogP contribution in [0.3, 0.4) is 0 Å². The zero-order chi connectivity index (χ0) is 9.19. The van der Waals surface area contributed by atoms with Gasteiger partial charge in [-0.1, -0.05) is 0 Å². The van der Waals surface area contributed by atoms with E-state index in [-0.39, 0.29) is 5.54 Å². The Morgan fingerprint density at radius 1 is 1.58 bits per heavy atom. The molecule has 2 unspecified atom stereocenters. The van der Waals surface area contributed by atoms with Crippen molar-refractivity contribution >= 4 is 0 Å². The summed E-state index contributed by atoms with van der Waals surface area (Å²) in [5.74, 6) is 0.359. The van der Waals surface area contributed by atoms with Gasteiger partial charge in [0.25, 0.3) is 0 Å². The molecule has 0 saturated carbocycles. The lowest BCUT2D eigenvalue weighted by Gasteiger charge is -2.34. The van der Waals surface area contributed by atoms with E-state index in [1.807, 2.05) is 25.9 Å². The highest BCUT2D eigenvalue weighted by molar-refractivity contribution is 5.08. The molecular weight excluding hydrogens is 152 g/mol. The van der Waals surface area contributed by atoms with E-state index in [0.717, 1.165) is 19.6 Å². The highest BCUT2D eigenvalue weighted by Gasteiger charge is 2.38. The minimum Gasteiger partial charge on any atom is -0.381 e. The summed E-state index contributed by atoms with van der Waals surface area (Å²) in [7, 11) is 3.89. The van der Waals surface area contributed by atoms with E-state index in [9.17, 15) is 0 Å². The fourth-order valence-corrected chi connectivity index (χ4v) is 1.53. The molecule has 1 saturated heterocycles. The highest BCUT2D eigenvalue weighted by atomic mass is 16.5. The Morgan fingerprint density at radius 2 is 2.25 bits per heavy atom. The summed E-state index contributed by atoms with van der Waals surface area (Å²) in [5, 5.41) is 9.07. The van der Waals surface area contributed by atoms with Crippen molar-refractivity contribution in [1.29, 1.82) is 5.26 Å². The van der Waals surface area contributed by atoms with Crippen LogP contribution in [0, 0.1) is 17.2 Å². The lowest BCUT2D eigenvalue weighted by Crippen LogP contribution is -2.46. The van der Waals surface area contributed by atoms with Crippen LogP contribution in [0.15, 0.2) is 0 Å². The molecule has 0 N–H and O–H groups in total. The van der Waals surface area contributed by atoms with Crippen molar-refractivity contribution in [3.05, 3.63) is 0 Å². The molecule has 0 aliphatic carbocycles. The first-order chi connectivity index (χ1) is 5.61. The second kappa shape index (κ2) is 3.42. The number of nitrogens with zero attached hydrogens (tertiary/aromatic N) is 2. The Hall–Kier alpha value is -0.590. The zero-order valence-electron chi connectivity index (χ0n) is 8.00. The quantitative estimate of drug-likeness (QED) is 0.613. The Bertz CT molecular complexity index is 191. The topological polar surface area (TPSA) is 36.3 Å². The molecule has 1 aliphatic heterocycles. The van der Waals surface area contributed by atoms with Gasteiger partial charge < -0.3 is 4.74 Å². The van der Waals surface area contributed by atoms with Gasteiger partial charge in [0.1, 0.15) is 5.54 Å². The normalized spacial score (nSPS) is 28.4.